The van der Waals surface area contributed by atoms with Gasteiger partial charge >= 0.3 is 5.97 Å². The maximum atomic E-state index is 12.1. The predicted octanol–water partition coefficient (Wildman–Crippen LogP) is 4.03. The van der Waals surface area contributed by atoms with E-state index >= 15 is 0 Å². The van der Waals surface area contributed by atoms with Crippen molar-refractivity contribution >= 4 is 5.97 Å². The molecule has 22 heavy (non-hydrogen) atoms. The summed E-state index contributed by atoms with van der Waals surface area (Å²) in [5.74, 6) is -0.259. The summed E-state index contributed by atoms with van der Waals surface area (Å²) in [6.07, 6.45) is 7.32. The molecule has 0 aliphatic carbocycles. The third-order valence-corrected chi connectivity index (χ3v) is 3.99. The molecule has 0 aromatic heterocycles. The predicted molar refractivity (Wildman–Crippen MR) is 92.2 cm³/mol. The number of carbonyl (C=O) groups excluding carboxylic acids is 1. The van der Waals surface area contributed by atoms with Crippen molar-refractivity contribution in [3.05, 3.63) is 0 Å². The molecule has 0 unspecified atom stereocenters. The Labute approximate surface area is 137 Å². The van der Waals surface area contributed by atoms with Gasteiger partial charge in [0.1, 0.15) is 6.61 Å². The van der Waals surface area contributed by atoms with E-state index in [-0.39, 0.29) is 5.97 Å². The van der Waals surface area contributed by atoms with Crippen LogP contribution in [0.2, 0.25) is 0 Å². The second kappa shape index (κ2) is 12.9. The fourth-order valence-electron chi connectivity index (χ4n) is 2.25. The second-order valence-electron chi connectivity index (χ2n) is 6.29. The number of esters is 1. The molecule has 0 bridgehead atoms. The molecule has 0 fully saturated rings. The van der Waals surface area contributed by atoms with Gasteiger partial charge in [0.2, 0.25) is 0 Å². The first-order valence-corrected chi connectivity index (χ1v) is 9.01. The molecule has 0 amide bonds. The highest BCUT2D eigenvalue weighted by Gasteiger charge is 2.30. The van der Waals surface area contributed by atoms with Gasteiger partial charge in [0, 0.05) is 13.2 Å². The van der Waals surface area contributed by atoms with Crippen LogP contribution in [0.5, 0.6) is 0 Å². The van der Waals surface area contributed by atoms with Crippen LogP contribution >= 0.6 is 0 Å². The lowest BCUT2D eigenvalue weighted by atomic mass is 10.1. The van der Waals surface area contributed by atoms with Crippen LogP contribution in [0, 0.1) is 0 Å². The van der Waals surface area contributed by atoms with Gasteiger partial charge < -0.3 is 14.4 Å². The van der Waals surface area contributed by atoms with Gasteiger partial charge in [-0.3, -0.25) is 0 Å². The summed E-state index contributed by atoms with van der Waals surface area (Å²) < 4.78 is 11.1. The number of hydrogen-bond acceptors (Lipinski definition) is 4. The zero-order chi connectivity index (χ0) is 16.8. The van der Waals surface area contributed by atoms with Crippen molar-refractivity contribution in [2.75, 3.05) is 32.8 Å². The highest BCUT2D eigenvalue weighted by atomic mass is 16.6. The molecule has 0 saturated heterocycles. The van der Waals surface area contributed by atoms with E-state index in [4.69, 9.17) is 9.47 Å². The largest absolute Gasteiger partial charge is 0.462 e. The maximum Gasteiger partial charge on any atom is 0.337 e. The van der Waals surface area contributed by atoms with Crippen LogP contribution in [0.3, 0.4) is 0 Å². The van der Waals surface area contributed by atoms with Crippen molar-refractivity contribution in [1.82, 2.24) is 4.90 Å². The fourth-order valence-corrected chi connectivity index (χ4v) is 2.25. The molecule has 0 radical (unpaired) electrons. The van der Waals surface area contributed by atoms with Gasteiger partial charge in [-0.15, -0.1) is 0 Å². The Kier molecular flexibility index (Phi) is 12.5. The van der Waals surface area contributed by atoms with Crippen LogP contribution in [0.25, 0.3) is 0 Å². The molecule has 0 aliphatic heterocycles. The van der Waals surface area contributed by atoms with Crippen LogP contribution < -0.4 is 0 Å². The van der Waals surface area contributed by atoms with Crippen molar-refractivity contribution in [2.45, 2.75) is 78.7 Å². The summed E-state index contributed by atoms with van der Waals surface area (Å²) in [7, 11) is 0. The Morgan fingerprint density at radius 1 is 0.909 bits per heavy atom. The Morgan fingerprint density at radius 3 is 2.09 bits per heavy atom. The third-order valence-electron chi connectivity index (χ3n) is 3.99. The smallest absolute Gasteiger partial charge is 0.337 e. The lowest BCUT2D eigenvalue weighted by molar-refractivity contribution is -0.168. The summed E-state index contributed by atoms with van der Waals surface area (Å²) >= 11 is 0. The molecule has 132 valence electrons. The summed E-state index contributed by atoms with van der Waals surface area (Å²) in [6, 6.07) is 0. The van der Waals surface area contributed by atoms with Crippen LogP contribution in [-0.4, -0.2) is 49.3 Å². The monoisotopic (exact) mass is 315 g/mol. The number of hydrogen-bond donors (Lipinski definition) is 0. The van der Waals surface area contributed by atoms with E-state index in [1.54, 1.807) is 13.8 Å². The maximum absolute atomic E-state index is 12.1. The molecule has 0 aliphatic rings. The minimum atomic E-state index is -0.841. The molecule has 0 spiro atoms. The molecule has 0 aromatic rings. The Balaban J connectivity index is 3.78. The average molecular weight is 315 g/mol. The van der Waals surface area contributed by atoms with Gasteiger partial charge in [0.05, 0.1) is 0 Å². The van der Waals surface area contributed by atoms with Crippen molar-refractivity contribution in [1.29, 1.82) is 0 Å². The number of rotatable bonds is 14. The molecule has 4 heteroatoms. The Bertz CT molecular complexity index is 276. The SMILES string of the molecule is CCCCCCCCOC(C)(C)C(=O)OCCN(CC)CC. The number of likely N-dealkylation sites (N-methyl/N-ethyl adjacent to an activating group) is 1. The molecule has 0 atom stereocenters. The van der Waals surface area contributed by atoms with Gasteiger partial charge in [-0.05, 0) is 33.4 Å². The van der Waals surface area contributed by atoms with Gasteiger partial charge in [-0.2, -0.15) is 0 Å². The third kappa shape index (κ3) is 10.2. The summed E-state index contributed by atoms with van der Waals surface area (Å²) in [6.45, 7) is 13.8. The minimum absolute atomic E-state index is 0.259. The fraction of sp³-hybridized carbons (Fsp3) is 0.944. The highest BCUT2D eigenvalue weighted by molar-refractivity contribution is 5.78. The lowest BCUT2D eigenvalue weighted by Crippen LogP contribution is -2.38. The van der Waals surface area contributed by atoms with Crippen molar-refractivity contribution in [3.63, 3.8) is 0 Å². The number of nitrogens with zero attached hydrogens (tertiary/aromatic N) is 1. The van der Waals surface area contributed by atoms with Crippen LogP contribution in [0.4, 0.5) is 0 Å². The molecule has 0 aromatic carbocycles. The Hall–Kier alpha value is -0.610. The van der Waals surface area contributed by atoms with Gasteiger partial charge in [-0.25, -0.2) is 4.79 Å². The molecular weight excluding hydrogens is 278 g/mol. The van der Waals surface area contributed by atoms with E-state index in [1.165, 1.54) is 32.1 Å². The van der Waals surface area contributed by atoms with Gasteiger partial charge in [0.15, 0.2) is 5.60 Å². The molecule has 0 saturated carbocycles. The molecule has 0 heterocycles. The Morgan fingerprint density at radius 2 is 1.50 bits per heavy atom. The van der Waals surface area contributed by atoms with Crippen molar-refractivity contribution in [3.8, 4) is 0 Å². The standard InChI is InChI=1S/C18H37NO3/c1-6-9-10-11-12-13-15-22-18(4,5)17(20)21-16-14-19(7-2)8-3/h6-16H2,1-5H3. The zero-order valence-corrected chi connectivity index (χ0v) is 15.5. The summed E-state index contributed by atoms with van der Waals surface area (Å²) in [5.41, 5.74) is -0.841. The minimum Gasteiger partial charge on any atom is -0.462 e. The first-order chi connectivity index (χ1) is 10.5. The number of ether oxygens (including phenoxy) is 2. The van der Waals surface area contributed by atoms with E-state index in [0.717, 1.165) is 26.1 Å². The average Bonchev–Trinajstić information content (AvgIpc) is 2.50. The number of carbonyl (C=O) groups is 1. The van der Waals surface area contributed by atoms with Crippen LogP contribution in [0.1, 0.15) is 73.1 Å². The molecule has 0 N–H and O–H groups in total. The molecular formula is C18H37NO3. The van der Waals surface area contributed by atoms with Crippen LogP contribution in [-0.2, 0) is 14.3 Å². The van der Waals surface area contributed by atoms with Crippen molar-refractivity contribution in [2.24, 2.45) is 0 Å². The van der Waals surface area contributed by atoms with E-state index < -0.39 is 5.60 Å². The summed E-state index contributed by atoms with van der Waals surface area (Å²) in [4.78, 5) is 14.3. The summed E-state index contributed by atoms with van der Waals surface area (Å²) in [5, 5.41) is 0. The van der Waals surface area contributed by atoms with E-state index in [2.05, 4.69) is 25.7 Å². The van der Waals surface area contributed by atoms with E-state index in [1.807, 2.05) is 0 Å². The molecule has 0 rings (SSSR count). The van der Waals surface area contributed by atoms with Gasteiger partial charge in [0.25, 0.3) is 0 Å². The van der Waals surface area contributed by atoms with Crippen LogP contribution in [0.15, 0.2) is 0 Å². The molecule has 4 nitrogen and oxygen atoms in total. The zero-order valence-electron chi connectivity index (χ0n) is 15.5. The quantitative estimate of drug-likeness (QED) is 0.358. The normalized spacial score (nSPS) is 11.9. The number of unbranched alkanes of at least 4 members (excludes halogenated alkanes) is 5. The van der Waals surface area contributed by atoms with E-state index in [9.17, 15) is 4.79 Å². The van der Waals surface area contributed by atoms with Gasteiger partial charge in [-0.1, -0.05) is 52.9 Å². The first-order valence-electron chi connectivity index (χ1n) is 9.01. The lowest BCUT2D eigenvalue weighted by Gasteiger charge is -2.24. The van der Waals surface area contributed by atoms with Crippen molar-refractivity contribution < 1.29 is 14.3 Å². The van der Waals surface area contributed by atoms with E-state index in [0.29, 0.717) is 13.2 Å². The second-order valence-corrected chi connectivity index (χ2v) is 6.29. The topological polar surface area (TPSA) is 38.8 Å². The highest BCUT2D eigenvalue weighted by Crippen LogP contribution is 2.13. The first kappa shape index (κ1) is 21.4.